The van der Waals surface area contributed by atoms with Gasteiger partial charge in [-0.25, -0.2) is 4.98 Å². The van der Waals surface area contributed by atoms with Gasteiger partial charge in [-0.05, 0) is 26.0 Å². The number of hydrogen-bond donors (Lipinski definition) is 1. The van der Waals surface area contributed by atoms with Crippen LogP contribution in [0.2, 0.25) is 0 Å². The molecule has 0 aliphatic carbocycles. The molecule has 18 heavy (non-hydrogen) atoms. The van der Waals surface area contributed by atoms with E-state index in [2.05, 4.69) is 17.2 Å². The maximum absolute atomic E-state index is 5.39. The van der Waals surface area contributed by atoms with E-state index in [1.165, 1.54) is 0 Å². The van der Waals surface area contributed by atoms with Crippen molar-refractivity contribution < 1.29 is 9.47 Å². The zero-order chi connectivity index (χ0) is 13.1. The van der Waals surface area contributed by atoms with Gasteiger partial charge in [-0.15, -0.1) is 0 Å². The summed E-state index contributed by atoms with van der Waals surface area (Å²) in [5, 5.41) is 4.36. The molecule has 1 aromatic carbocycles. The molecule has 0 aliphatic heterocycles. The normalized spacial score (nSPS) is 10.4. The number of methoxy groups -OCH3 is 2. The van der Waals surface area contributed by atoms with Crippen molar-refractivity contribution in [2.75, 3.05) is 26.1 Å². The monoisotopic (exact) mass is 246 g/mol. The summed E-state index contributed by atoms with van der Waals surface area (Å²) >= 11 is 0. The minimum absolute atomic E-state index is 0.729. The molecule has 0 amide bonds. The molecule has 0 saturated carbocycles. The van der Waals surface area contributed by atoms with Gasteiger partial charge in [-0.2, -0.15) is 0 Å². The highest BCUT2D eigenvalue weighted by Gasteiger charge is 2.11. The third kappa shape index (κ3) is 2.18. The van der Waals surface area contributed by atoms with Gasteiger partial charge in [0.05, 0.1) is 14.2 Å². The number of nitrogens with zero attached hydrogens (tertiary/aromatic N) is 1. The number of anilines is 1. The molecule has 96 valence electrons. The largest absolute Gasteiger partial charge is 0.497 e. The van der Waals surface area contributed by atoms with Gasteiger partial charge < -0.3 is 14.8 Å². The third-order valence-electron chi connectivity index (χ3n) is 2.80. The SMILES string of the molecule is CCNc1cc(C)nc2c(OC)cc(OC)cc12. The van der Waals surface area contributed by atoms with Gasteiger partial charge in [0.2, 0.25) is 0 Å². The van der Waals surface area contributed by atoms with E-state index in [0.29, 0.717) is 0 Å². The van der Waals surface area contributed by atoms with E-state index in [-0.39, 0.29) is 0 Å². The number of hydrogen-bond acceptors (Lipinski definition) is 4. The first-order valence-corrected chi connectivity index (χ1v) is 5.96. The maximum atomic E-state index is 5.39. The van der Waals surface area contributed by atoms with Crippen LogP contribution in [-0.4, -0.2) is 25.7 Å². The molecule has 0 spiro atoms. The molecular weight excluding hydrogens is 228 g/mol. The van der Waals surface area contributed by atoms with Crippen molar-refractivity contribution in [1.82, 2.24) is 4.98 Å². The van der Waals surface area contributed by atoms with Gasteiger partial charge in [0, 0.05) is 29.4 Å². The minimum Gasteiger partial charge on any atom is -0.497 e. The fraction of sp³-hybridized carbons (Fsp3) is 0.357. The molecule has 4 heteroatoms. The molecule has 0 unspecified atom stereocenters. The molecule has 2 rings (SSSR count). The summed E-state index contributed by atoms with van der Waals surface area (Å²) in [6.07, 6.45) is 0. The Hall–Kier alpha value is -1.97. The van der Waals surface area contributed by atoms with Crippen molar-refractivity contribution in [2.24, 2.45) is 0 Å². The van der Waals surface area contributed by atoms with E-state index in [0.717, 1.165) is 40.3 Å². The van der Waals surface area contributed by atoms with Crippen LogP contribution in [0.1, 0.15) is 12.6 Å². The fourth-order valence-corrected chi connectivity index (χ4v) is 2.01. The highest BCUT2D eigenvalue weighted by molar-refractivity contribution is 5.96. The number of rotatable bonds is 4. The molecule has 0 radical (unpaired) electrons. The van der Waals surface area contributed by atoms with Crippen molar-refractivity contribution in [2.45, 2.75) is 13.8 Å². The summed E-state index contributed by atoms with van der Waals surface area (Å²) in [7, 11) is 3.29. The van der Waals surface area contributed by atoms with E-state index in [9.17, 15) is 0 Å². The Bertz CT molecular complexity index is 567. The highest BCUT2D eigenvalue weighted by atomic mass is 16.5. The number of benzene rings is 1. The number of pyridine rings is 1. The lowest BCUT2D eigenvalue weighted by atomic mass is 10.1. The van der Waals surface area contributed by atoms with Crippen molar-refractivity contribution >= 4 is 16.6 Å². The van der Waals surface area contributed by atoms with Crippen LogP contribution in [0.5, 0.6) is 11.5 Å². The lowest BCUT2D eigenvalue weighted by Gasteiger charge is -2.13. The van der Waals surface area contributed by atoms with Crippen LogP contribution in [0.3, 0.4) is 0 Å². The van der Waals surface area contributed by atoms with Crippen molar-refractivity contribution in [3.05, 3.63) is 23.9 Å². The van der Waals surface area contributed by atoms with Crippen LogP contribution in [0, 0.1) is 6.92 Å². The van der Waals surface area contributed by atoms with Crippen molar-refractivity contribution in [1.29, 1.82) is 0 Å². The summed E-state index contributed by atoms with van der Waals surface area (Å²) in [4.78, 5) is 4.54. The summed E-state index contributed by atoms with van der Waals surface area (Å²) in [6.45, 7) is 4.90. The van der Waals surface area contributed by atoms with E-state index < -0.39 is 0 Å². The first kappa shape index (κ1) is 12.5. The molecule has 1 heterocycles. The lowest BCUT2D eigenvalue weighted by Crippen LogP contribution is -2.00. The number of aryl methyl sites for hydroxylation is 1. The number of ether oxygens (including phenoxy) is 2. The van der Waals surface area contributed by atoms with Gasteiger partial charge >= 0.3 is 0 Å². The number of aromatic nitrogens is 1. The average Bonchev–Trinajstić information content (AvgIpc) is 2.38. The smallest absolute Gasteiger partial charge is 0.148 e. The Labute approximate surface area is 107 Å². The molecule has 0 bridgehead atoms. The first-order valence-electron chi connectivity index (χ1n) is 5.96. The molecular formula is C14H18N2O2. The second kappa shape index (κ2) is 5.12. The van der Waals surface area contributed by atoms with Crippen LogP contribution in [-0.2, 0) is 0 Å². The van der Waals surface area contributed by atoms with Gasteiger partial charge in [0.1, 0.15) is 17.0 Å². The van der Waals surface area contributed by atoms with E-state index in [1.807, 2.05) is 25.1 Å². The maximum Gasteiger partial charge on any atom is 0.148 e. The van der Waals surface area contributed by atoms with Crippen molar-refractivity contribution in [3.63, 3.8) is 0 Å². The van der Waals surface area contributed by atoms with Gasteiger partial charge in [-0.1, -0.05) is 0 Å². The minimum atomic E-state index is 0.729. The molecule has 0 fully saturated rings. The van der Waals surface area contributed by atoms with Crippen molar-refractivity contribution in [3.8, 4) is 11.5 Å². The van der Waals surface area contributed by atoms with Crippen LogP contribution < -0.4 is 14.8 Å². The van der Waals surface area contributed by atoms with Gasteiger partial charge in [0.15, 0.2) is 0 Å². The molecule has 0 atom stereocenters. The fourth-order valence-electron chi connectivity index (χ4n) is 2.01. The summed E-state index contributed by atoms with van der Waals surface area (Å²) < 4.78 is 10.7. The number of nitrogens with one attached hydrogen (secondary N) is 1. The Kier molecular flexibility index (Phi) is 3.55. The molecule has 1 aromatic heterocycles. The zero-order valence-electron chi connectivity index (χ0n) is 11.2. The van der Waals surface area contributed by atoms with Crippen LogP contribution in [0.25, 0.3) is 10.9 Å². The Morgan fingerprint density at radius 3 is 2.56 bits per heavy atom. The molecule has 0 aliphatic rings. The molecule has 4 nitrogen and oxygen atoms in total. The van der Waals surface area contributed by atoms with E-state index in [1.54, 1.807) is 14.2 Å². The molecule has 1 N–H and O–H groups in total. The highest BCUT2D eigenvalue weighted by Crippen LogP contribution is 2.34. The second-order valence-electron chi connectivity index (χ2n) is 4.07. The predicted molar refractivity (Wildman–Crippen MR) is 73.7 cm³/mol. The van der Waals surface area contributed by atoms with E-state index >= 15 is 0 Å². The van der Waals surface area contributed by atoms with E-state index in [4.69, 9.17) is 9.47 Å². The lowest BCUT2D eigenvalue weighted by molar-refractivity contribution is 0.397. The third-order valence-corrected chi connectivity index (χ3v) is 2.80. The summed E-state index contributed by atoms with van der Waals surface area (Å²) in [5.74, 6) is 1.50. The summed E-state index contributed by atoms with van der Waals surface area (Å²) in [6, 6.07) is 5.86. The quantitative estimate of drug-likeness (QED) is 0.900. The Morgan fingerprint density at radius 1 is 1.17 bits per heavy atom. The topological polar surface area (TPSA) is 43.4 Å². The summed E-state index contributed by atoms with van der Waals surface area (Å²) in [5.41, 5.74) is 2.87. The van der Waals surface area contributed by atoms with Crippen LogP contribution in [0.4, 0.5) is 5.69 Å². The van der Waals surface area contributed by atoms with Gasteiger partial charge in [-0.3, -0.25) is 0 Å². The van der Waals surface area contributed by atoms with Crippen LogP contribution >= 0.6 is 0 Å². The van der Waals surface area contributed by atoms with Crippen LogP contribution in [0.15, 0.2) is 18.2 Å². The Morgan fingerprint density at radius 2 is 1.94 bits per heavy atom. The standard InChI is InChI=1S/C14H18N2O2/c1-5-15-12-6-9(2)16-14-11(12)7-10(17-3)8-13(14)18-4/h6-8H,5H2,1-4H3,(H,15,16). The second-order valence-corrected chi connectivity index (χ2v) is 4.07. The zero-order valence-corrected chi connectivity index (χ0v) is 11.2. The average molecular weight is 246 g/mol. The predicted octanol–water partition coefficient (Wildman–Crippen LogP) is 2.99. The first-order chi connectivity index (χ1) is 8.69. The Balaban J connectivity index is 2.76. The molecule has 2 aromatic rings. The van der Waals surface area contributed by atoms with Gasteiger partial charge in [0.25, 0.3) is 0 Å². The molecule has 0 saturated heterocycles. The number of fused-ring (bicyclic) bond motifs is 1.